The van der Waals surface area contributed by atoms with Gasteiger partial charge in [-0.05, 0) is 43.4 Å². The highest BCUT2D eigenvalue weighted by Gasteiger charge is 2.30. The van der Waals surface area contributed by atoms with Gasteiger partial charge in [0.1, 0.15) is 10.7 Å². The molecule has 1 amide bonds. The van der Waals surface area contributed by atoms with E-state index in [9.17, 15) is 17.6 Å². The highest BCUT2D eigenvalue weighted by molar-refractivity contribution is 7.89. The maximum atomic E-state index is 13.9. The van der Waals surface area contributed by atoms with E-state index in [0.717, 1.165) is 25.0 Å². The summed E-state index contributed by atoms with van der Waals surface area (Å²) in [6.45, 7) is 5.71. The van der Waals surface area contributed by atoms with Gasteiger partial charge in [-0.1, -0.05) is 13.8 Å². The molecule has 0 saturated heterocycles. The van der Waals surface area contributed by atoms with Crippen molar-refractivity contribution in [1.82, 2.24) is 10.0 Å². The molecule has 1 fully saturated rings. The Kier molecular flexibility index (Phi) is 6.92. The first-order valence-electron chi connectivity index (χ1n) is 8.47. The van der Waals surface area contributed by atoms with Crippen LogP contribution >= 0.6 is 0 Å². The van der Waals surface area contributed by atoms with Crippen LogP contribution < -0.4 is 10.0 Å². The van der Waals surface area contributed by atoms with E-state index in [1.54, 1.807) is 0 Å². The van der Waals surface area contributed by atoms with Crippen LogP contribution in [0.15, 0.2) is 23.1 Å². The Morgan fingerprint density at radius 1 is 1.36 bits per heavy atom. The van der Waals surface area contributed by atoms with Gasteiger partial charge in [0.25, 0.3) is 5.91 Å². The van der Waals surface area contributed by atoms with Crippen LogP contribution in [0.4, 0.5) is 4.39 Å². The molecular formula is C17H25FN2O4S. The first kappa shape index (κ1) is 19.8. The summed E-state index contributed by atoms with van der Waals surface area (Å²) in [4.78, 5) is 11.6. The summed E-state index contributed by atoms with van der Waals surface area (Å²) >= 11 is 0. The van der Waals surface area contributed by atoms with Crippen LogP contribution in [0, 0.1) is 11.7 Å². The van der Waals surface area contributed by atoms with Crippen molar-refractivity contribution in [3.8, 4) is 0 Å². The molecule has 8 heteroatoms. The zero-order valence-corrected chi connectivity index (χ0v) is 15.4. The van der Waals surface area contributed by atoms with Gasteiger partial charge in [-0.3, -0.25) is 4.79 Å². The third-order valence-electron chi connectivity index (χ3n) is 3.58. The molecule has 0 aromatic heterocycles. The van der Waals surface area contributed by atoms with E-state index >= 15 is 0 Å². The predicted molar refractivity (Wildman–Crippen MR) is 92.4 cm³/mol. The van der Waals surface area contributed by atoms with Gasteiger partial charge in [0.15, 0.2) is 0 Å². The van der Waals surface area contributed by atoms with Crippen molar-refractivity contribution in [3.63, 3.8) is 0 Å². The minimum atomic E-state index is -3.95. The number of nitrogens with one attached hydrogen (secondary N) is 2. The second-order valence-corrected chi connectivity index (χ2v) is 8.30. The highest BCUT2D eigenvalue weighted by Crippen LogP contribution is 2.24. The summed E-state index contributed by atoms with van der Waals surface area (Å²) in [6, 6.07) is 3.22. The Labute approximate surface area is 148 Å². The van der Waals surface area contributed by atoms with E-state index in [4.69, 9.17) is 4.74 Å². The second kappa shape index (κ2) is 8.73. The van der Waals surface area contributed by atoms with Gasteiger partial charge in [0.05, 0.1) is 0 Å². The van der Waals surface area contributed by atoms with E-state index < -0.39 is 26.6 Å². The SMILES string of the molecule is CC(C)COCCCNC(=O)c1ccc(F)c(S(=O)(=O)NC2CC2)c1. The monoisotopic (exact) mass is 372 g/mol. The number of hydrogen-bond donors (Lipinski definition) is 2. The third-order valence-corrected chi connectivity index (χ3v) is 5.12. The molecule has 6 nitrogen and oxygen atoms in total. The smallest absolute Gasteiger partial charge is 0.251 e. The van der Waals surface area contributed by atoms with Crippen molar-refractivity contribution in [1.29, 1.82) is 0 Å². The average Bonchev–Trinajstić information content (AvgIpc) is 3.33. The summed E-state index contributed by atoms with van der Waals surface area (Å²) in [5, 5.41) is 2.68. The van der Waals surface area contributed by atoms with Gasteiger partial charge in [-0.15, -0.1) is 0 Å². The number of rotatable bonds is 10. The zero-order chi connectivity index (χ0) is 18.4. The standard InChI is InChI=1S/C17H25FN2O4S/c1-12(2)11-24-9-3-8-19-17(21)13-4-7-15(18)16(10-13)25(22,23)20-14-5-6-14/h4,7,10,12,14,20H,3,5-6,8-9,11H2,1-2H3,(H,19,21). The number of ether oxygens (including phenoxy) is 1. The quantitative estimate of drug-likeness (QED) is 0.616. The topological polar surface area (TPSA) is 84.5 Å². The highest BCUT2D eigenvalue weighted by atomic mass is 32.2. The number of benzene rings is 1. The fourth-order valence-electron chi connectivity index (χ4n) is 2.13. The fourth-order valence-corrected chi connectivity index (χ4v) is 3.54. The number of amides is 1. The summed E-state index contributed by atoms with van der Waals surface area (Å²) in [5.41, 5.74) is 0.112. The van der Waals surface area contributed by atoms with E-state index in [2.05, 4.69) is 23.9 Å². The lowest BCUT2D eigenvalue weighted by Crippen LogP contribution is -2.28. The lowest BCUT2D eigenvalue weighted by atomic mass is 10.2. The maximum absolute atomic E-state index is 13.9. The average molecular weight is 372 g/mol. The van der Waals surface area contributed by atoms with Crippen LogP contribution in [0.2, 0.25) is 0 Å². The lowest BCUT2D eigenvalue weighted by molar-refractivity contribution is 0.0924. The Bertz CT molecular complexity index is 703. The number of halogens is 1. The third kappa shape index (κ3) is 6.37. The minimum absolute atomic E-state index is 0.112. The molecule has 140 valence electrons. The van der Waals surface area contributed by atoms with Gasteiger partial charge in [0, 0.05) is 31.4 Å². The van der Waals surface area contributed by atoms with E-state index in [-0.39, 0.29) is 11.6 Å². The van der Waals surface area contributed by atoms with Crippen LogP contribution in [0.3, 0.4) is 0 Å². The first-order chi connectivity index (χ1) is 11.8. The van der Waals surface area contributed by atoms with Crippen molar-refractivity contribution in [2.45, 2.75) is 44.0 Å². The molecular weight excluding hydrogens is 347 g/mol. The van der Waals surface area contributed by atoms with Crippen molar-refractivity contribution >= 4 is 15.9 Å². The second-order valence-electron chi connectivity index (χ2n) is 6.62. The molecule has 25 heavy (non-hydrogen) atoms. The molecule has 0 spiro atoms. The molecule has 0 aliphatic heterocycles. The molecule has 1 aliphatic carbocycles. The Hall–Kier alpha value is -1.51. The van der Waals surface area contributed by atoms with Crippen LogP contribution in [0.25, 0.3) is 0 Å². The number of hydrogen-bond acceptors (Lipinski definition) is 4. The van der Waals surface area contributed by atoms with Gasteiger partial charge in [-0.25, -0.2) is 17.5 Å². The molecule has 1 aromatic carbocycles. The molecule has 2 rings (SSSR count). The van der Waals surface area contributed by atoms with E-state index in [1.807, 2.05) is 0 Å². The maximum Gasteiger partial charge on any atom is 0.251 e. The number of sulfonamides is 1. The van der Waals surface area contributed by atoms with Crippen LogP contribution in [0.1, 0.15) is 43.5 Å². The normalized spacial score (nSPS) is 14.7. The van der Waals surface area contributed by atoms with Gasteiger partial charge < -0.3 is 10.1 Å². The zero-order valence-electron chi connectivity index (χ0n) is 14.5. The van der Waals surface area contributed by atoms with Crippen LogP contribution in [-0.2, 0) is 14.8 Å². The first-order valence-corrected chi connectivity index (χ1v) is 9.95. The van der Waals surface area contributed by atoms with Crippen LogP contribution in [-0.4, -0.2) is 40.1 Å². The molecule has 0 unspecified atom stereocenters. The lowest BCUT2D eigenvalue weighted by Gasteiger charge is -2.10. The molecule has 1 aliphatic rings. The van der Waals surface area contributed by atoms with Gasteiger partial charge in [0.2, 0.25) is 10.0 Å². The number of carbonyl (C=O) groups excluding carboxylic acids is 1. The van der Waals surface area contributed by atoms with Crippen molar-refractivity contribution in [2.24, 2.45) is 5.92 Å². The summed E-state index contributed by atoms with van der Waals surface area (Å²) < 4.78 is 46.1. The predicted octanol–water partition coefficient (Wildman–Crippen LogP) is 2.06. The number of carbonyl (C=O) groups is 1. The van der Waals surface area contributed by atoms with Crippen molar-refractivity contribution in [3.05, 3.63) is 29.6 Å². The molecule has 1 saturated carbocycles. The van der Waals surface area contributed by atoms with Crippen LogP contribution in [0.5, 0.6) is 0 Å². The van der Waals surface area contributed by atoms with Gasteiger partial charge in [-0.2, -0.15) is 0 Å². The summed E-state index contributed by atoms with van der Waals surface area (Å²) in [6.07, 6.45) is 2.15. The van der Waals surface area contributed by atoms with E-state index in [0.29, 0.717) is 32.1 Å². The van der Waals surface area contributed by atoms with Crippen molar-refractivity contribution < 1.29 is 22.3 Å². The van der Waals surface area contributed by atoms with E-state index in [1.165, 1.54) is 6.07 Å². The van der Waals surface area contributed by atoms with Gasteiger partial charge >= 0.3 is 0 Å². The molecule has 1 aromatic rings. The molecule has 0 atom stereocenters. The minimum Gasteiger partial charge on any atom is -0.381 e. The molecule has 2 N–H and O–H groups in total. The van der Waals surface area contributed by atoms with Crippen molar-refractivity contribution in [2.75, 3.05) is 19.8 Å². The Morgan fingerprint density at radius 2 is 2.08 bits per heavy atom. The fraction of sp³-hybridized carbons (Fsp3) is 0.588. The molecule has 0 bridgehead atoms. The summed E-state index contributed by atoms with van der Waals surface area (Å²) in [7, 11) is -3.95. The Morgan fingerprint density at radius 3 is 2.72 bits per heavy atom. The Balaban J connectivity index is 1.90. The summed E-state index contributed by atoms with van der Waals surface area (Å²) in [5.74, 6) is -0.850. The molecule has 0 radical (unpaired) electrons. The largest absolute Gasteiger partial charge is 0.381 e. The molecule has 0 heterocycles.